The van der Waals surface area contributed by atoms with Gasteiger partial charge in [-0.1, -0.05) is 12.1 Å². The van der Waals surface area contributed by atoms with Gasteiger partial charge in [-0.15, -0.1) is 0 Å². The minimum atomic E-state index is 0.0871. The number of ether oxygens (including phenoxy) is 1. The Balaban J connectivity index is 1.83. The van der Waals surface area contributed by atoms with E-state index in [0.717, 1.165) is 31.8 Å². The smallest absolute Gasteiger partial charge is 0.0881 e. The molecule has 1 fully saturated rings. The highest BCUT2D eigenvalue weighted by atomic mass is 16.5. The van der Waals surface area contributed by atoms with Crippen LogP contribution in [0.4, 0.5) is 0 Å². The van der Waals surface area contributed by atoms with Gasteiger partial charge in [0.2, 0.25) is 0 Å². The lowest BCUT2D eigenvalue weighted by atomic mass is 10.2. The molecule has 102 valence electrons. The Labute approximate surface area is 113 Å². The summed E-state index contributed by atoms with van der Waals surface area (Å²) in [6, 6.07) is 8.20. The van der Waals surface area contributed by atoms with Crippen LogP contribution < -0.4 is 0 Å². The van der Waals surface area contributed by atoms with E-state index in [9.17, 15) is 5.11 Å². The van der Waals surface area contributed by atoms with Gasteiger partial charge >= 0.3 is 0 Å². The third kappa shape index (κ3) is 2.66. The maximum atomic E-state index is 9.24. The molecule has 4 heteroatoms. The summed E-state index contributed by atoms with van der Waals surface area (Å²) in [5.41, 5.74) is 2.12. The summed E-state index contributed by atoms with van der Waals surface area (Å²) in [4.78, 5) is 2.30. The van der Waals surface area contributed by atoms with Crippen molar-refractivity contribution in [2.75, 3.05) is 26.7 Å². The van der Waals surface area contributed by atoms with E-state index in [1.54, 1.807) is 0 Å². The Morgan fingerprint density at radius 2 is 2.26 bits per heavy atom. The van der Waals surface area contributed by atoms with Crippen molar-refractivity contribution < 1.29 is 9.84 Å². The molecule has 1 aromatic carbocycles. The van der Waals surface area contributed by atoms with Gasteiger partial charge in [-0.25, -0.2) is 0 Å². The Bertz CT molecular complexity index is 564. The SMILES string of the molecule is CN1CCOC(Cn2ccc3ccc(CO)cc32)C1. The quantitative estimate of drug-likeness (QED) is 0.908. The van der Waals surface area contributed by atoms with Gasteiger partial charge in [-0.2, -0.15) is 0 Å². The van der Waals surface area contributed by atoms with E-state index in [-0.39, 0.29) is 12.7 Å². The zero-order chi connectivity index (χ0) is 13.2. The Hall–Kier alpha value is -1.36. The van der Waals surface area contributed by atoms with E-state index in [4.69, 9.17) is 4.74 Å². The molecule has 0 aliphatic carbocycles. The van der Waals surface area contributed by atoms with Crippen molar-refractivity contribution in [2.24, 2.45) is 0 Å². The highest BCUT2D eigenvalue weighted by Crippen LogP contribution is 2.19. The first kappa shape index (κ1) is 12.7. The van der Waals surface area contributed by atoms with Crippen molar-refractivity contribution >= 4 is 10.9 Å². The number of morpholine rings is 1. The number of hydrogen-bond donors (Lipinski definition) is 1. The van der Waals surface area contributed by atoms with Crippen LogP contribution in [0.15, 0.2) is 30.5 Å². The number of likely N-dealkylation sites (N-methyl/N-ethyl adjacent to an activating group) is 1. The molecule has 1 saturated heterocycles. The fraction of sp³-hybridized carbons (Fsp3) is 0.467. The van der Waals surface area contributed by atoms with Crippen LogP contribution in [0.3, 0.4) is 0 Å². The zero-order valence-corrected chi connectivity index (χ0v) is 11.2. The summed E-state index contributed by atoms with van der Waals surface area (Å²) in [6.45, 7) is 3.74. The number of nitrogens with zero attached hydrogens (tertiary/aromatic N) is 2. The second-order valence-corrected chi connectivity index (χ2v) is 5.27. The third-order valence-corrected chi connectivity index (χ3v) is 3.76. The summed E-state index contributed by atoms with van der Waals surface area (Å²) in [5, 5.41) is 10.5. The van der Waals surface area contributed by atoms with Gasteiger partial charge in [0.05, 0.1) is 25.9 Å². The molecule has 3 rings (SSSR count). The van der Waals surface area contributed by atoms with Crippen LogP contribution in [-0.4, -0.2) is 47.4 Å². The van der Waals surface area contributed by atoms with Crippen molar-refractivity contribution in [3.05, 3.63) is 36.0 Å². The standard InChI is InChI=1S/C15H20N2O2/c1-16-6-7-19-14(9-16)10-17-5-4-13-3-2-12(11-18)8-15(13)17/h2-5,8,14,18H,6-7,9-11H2,1H3. The minimum Gasteiger partial charge on any atom is -0.392 e. The molecule has 1 N–H and O–H groups in total. The van der Waals surface area contributed by atoms with Crippen LogP contribution in [0.2, 0.25) is 0 Å². The average molecular weight is 260 g/mol. The van der Waals surface area contributed by atoms with Gasteiger partial charge in [0.25, 0.3) is 0 Å². The number of rotatable bonds is 3. The molecule has 0 saturated carbocycles. The van der Waals surface area contributed by atoms with Crippen LogP contribution in [0.25, 0.3) is 10.9 Å². The zero-order valence-electron chi connectivity index (χ0n) is 11.2. The molecule has 2 aromatic rings. The molecule has 1 aliphatic rings. The van der Waals surface area contributed by atoms with Crippen molar-refractivity contribution in [1.29, 1.82) is 0 Å². The second-order valence-electron chi connectivity index (χ2n) is 5.27. The lowest BCUT2D eigenvalue weighted by molar-refractivity contribution is -0.0269. The molecule has 4 nitrogen and oxygen atoms in total. The summed E-state index contributed by atoms with van der Waals surface area (Å²) < 4.78 is 8.04. The first-order valence-electron chi connectivity index (χ1n) is 6.75. The largest absolute Gasteiger partial charge is 0.392 e. The van der Waals surface area contributed by atoms with E-state index < -0.39 is 0 Å². The topological polar surface area (TPSA) is 37.6 Å². The molecule has 1 aromatic heterocycles. The second kappa shape index (κ2) is 5.33. The highest BCUT2D eigenvalue weighted by Gasteiger charge is 2.18. The minimum absolute atomic E-state index is 0.0871. The van der Waals surface area contributed by atoms with Gasteiger partial charge < -0.3 is 19.3 Å². The van der Waals surface area contributed by atoms with Crippen molar-refractivity contribution in [3.8, 4) is 0 Å². The number of hydrogen-bond acceptors (Lipinski definition) is 3. The van der Waals surface area contributed by atoms with Gasteiger partial charge in [-0.05, 0) is 30.1 Å². The molecule has 1 atom stereocenters. The van der Waals surface area contributed by atoms with Crippen LogP contribution in [0.1, 0.15) is 5.56 Å². The average Bonchev–Trinajstić information content (AvgIpc) is 2.81. The molecule has 1 unspecified atom stereocenters. The van der Waals surface area contributed by atoms with Crippen LogP contribution in [0.5, 0.6) is 0 Å². The van der Waals surface area contributed by atoms with Gasteiger partial charge in [0.15, 0.2) is 0 Å². The van der Waals surface area contributed by atoms with E-state index in [1.807, 2.05) is 6.07 Å². The van der Waals surface area contributed by atoms with Crippen LogP contribution in [0, 0.1) is 0 Å². The lowest BCUT2D eigenvalue weighted by Crippen LogP contribution is -2.41. The van der Waals surface area contributed by atoms with E-state index in [2.05, 4.69) is 40.9 Å². The van der Waals surface area contributed by atoms with Gasteiger partial charge in [0, 0.05) is 24.8 Å². The van der Waals surface area contributed by atoms with Crippen molar-refractivity contribution in [2.45, 2.75) is 19.3 Å². The molecule has 0 radical (unpaired) electrons. The molecule has 0 amide bonds. The summed E-state index contributed by atoms with van der Waals surface area (Å²) in [6.07, 6.45) is 2.34. The fourth-order valence-electron chi connectivity index (χ4n) is 2.68. The summed E-state index contributed by atoms with van der Waals surface area (Å²) >= 11 is 0. The fourth-order valence-corrected chi connectivity index (χ4v) is 2.68. The number of aliphatic hydroxyl groups excluding tert-OH is 1. The lowest BCUT2D eigenvalue weighted by Gasteiger charge is -2.30. The highest BCUT2D eigenvalue weighted by molar-refractivity contribution is 5.80. The number of aromatic nitrogens is 1. The molecular formula is C15H20N2O2. The van der Waals surface area contributed by atoms with E-state index in [0.29, 0.717) is 0 Å². The first-order chi connectivity index (χ1) is 9.26. The summed E-state index contributed by atoms with van der Waals surface area (Å²) in [5.74, 6) is 0. The Kier molecular flexibility index (Phi) is 3.55. The maximum Gasteiger partial charge on any atom is 0.0881 e. The predicted molar refractivity (Wildman–Crippen MR) is 75.1 cm³/mol. The normalized spacial score (nSPS) is 21.1. The third-order valence-electron chi connectivity index (χ3n) is 3.76. The monoisotopic (exact) mass is 260 g/mol. The van der Waals surface area contributed by atoms with Crippen molar-refractivity contribution in [1.82, 2.24) is 9.47 Å². The van der Waals surface area contributed by atoms with Gasteiger partial charge in [0.1, 0.15) is 0 Å². The first-order valence-corrected chi connectivity index (χ1v) is 6.75. The molecule has 1 aliphatic heterocycles. The summed E-state index contributed by atoms with van der Waals surface area (Å²) in [7, 11) is 2.13. The molecule has 19 heavy (non-hydrogen) atoms. The Morgan fingerprint density at radius 1 is 1.37 bits per heavy atom. The number of fused-ring (bicyclic) bond motifs is 1. The van der Waals surface area contributed by atoms with E-state index in [1.165, 1.54) is 10.9 Å². The predicted octanol–water partition coefficient (Wildman–Crippen LogP) is 1.46. The van der Waals surface area contributed by atoms with Gasteiger partial charge in [-0.3, -0.25) is 0 Å². The van der Waals surface area contributed by atoms with Crippen molar-refractivity contribution in [3.63, 3.8) is 0 Å². The van der Waals surface area contributed by atoms with E-state index >= 15 is 0 Å². The molecule has 2 heterocycles. The molecular weight excluding hydrogens is 240 g/mol. The van der Waals surface area contributed by atoms with Crippen LogP contribution >= 0.6 is 0 Å². The van der Waals surface area contributed by atoms with Crippen LogP contribution in [-0.2, 0) is 17.9 Å². The Morgan fingerprint density at radius 3 is 3.05 bits per heavy atom. The maximum absolute atomic E-state index is 9.24. The molecule has 0 bridgehead atoms. The number of benzene rings is 1. The number of aliphatic hydroxyl groups is 1. The molecule has 0 spiro atoms.